The lowest BCUT2D eigenvalue weighted by molar-refractivity contribution is -0.0739. The SMILES string of the molecule is CCONN(CC)CC.Cl. The summed E-state index contributed by atoms with van der Waals surface area (Å²) in [7, 11) is 0. The molecule has 0 fully saturated rings. The molecule has 0 rings (SSSR count). The zero-order valence-corrected chi connectivity index (χ0v) is 7.70. The average Bonchev–Trinajstić information content (AvgIpc) is 1.91. The van der Waals surface area contributed by atoms with E-state index in [-0.39, 0.29) is 12.4 Å². The van der Waals surface area contributed by atoms with Crippen LogP contribution in [0.15, 0.2) is 0 Å². The highest BCUT2D eigenvalue weighted by molar-refractivity contribution is 5.85. The van der Waals surface area contributed by atoms with Gasteiger partial charge in [-0.05, 0) is 6.92 Å². The molecular weight excluding hydrogens is 152 g/mol. The third-order valence-corrected chi connectivity index (χ3v) is 1.10. The van der Waals surface area contributed by atoms with Crippen molar-refractivity contribution in [3.05, 3.63) is 0 Å². The minimum atomic E-state index is 0. The molecule has 10 heavy (non-hydrogen) atoms. The van der Waals surface area contributed by atoms with Crippen LogP contribution in [0.3, 0.4) is 0 Å². The van der Waals surface area contributed by atoms with Crippen molar-refractivity contribution >= 4 is 12.4 Å². The molecule has 0 aromatic heterocycles. The lowest BCUT2D eigenvalue weighted by atomic mass is 10.6. The lowest BCUT2D eigenvalue weighted by Crippen LogP contribution is -2.37. The molecule has 0 radical (unpaired) electrons. The number of halogens is 1. The van der Waals surface area contributed by atoms with Gasteiger partial charge in [-0.3, -0.25) is 4.84 Å². The highest BCUT2D eigenvalue weighted by Crippen LogP contribution is 1.78. The fraction of sp³-hybridized carbons (Fsp3) is 1.00. The average molecular weight is 169 g/mol. The minimum absolute atomic E-state index is 0. The molecule has 3 nitrogen and oxygen atoms in total. The molecule has 0 aliphatic carbocycles. The maximum atomic E-state index is 4.95. The maximum absolute atomic E-state index is 4.95. The molecule has 64 valence electrons. The monoisotopic (exact) mass is 168 g/mol. The van der Waals surface area contributed by atoms with Gasteiger partial charge in [-0.25, -0.2) is 5.01 Å². The van der Waals surface area contributed by atoms with Crippen LogP contribution in [-0.2, 0) is 4.84 Å². The normalized spacial score (nSPS) is 9.60. The van der Waals surface area contributed by atoms with Crippen molar-refractivity contribution in [2.45, 2.75) is 20.8 Å². The van der Waals surface area contributed by atoms with E-state index in [4.69, 9.17) is 4.84 Å². The van der Waals surface area contributed by atoms with E-state index in [9.17, 15) is 0 Å². The number of hydrazine groups is 1. The number of nitrogens with zero attached hydrogens (tertiary/aromatic N) is 1. The molecule has 0 aliphatic heterocycles. The van der Waals surface area contributed by atoms with Crippen LogP contribution in [0.25, 0.3) is 0 Å². The van der Waals surface area contributed by atoms with Crippen molar-refractivity contribution in [2.24, 2.45) is 0 Å². The van der Waals surface area contributed by atoms with Crippen LogP contribution in [0, 0.1) is 0 Å². The van der Waals surface area contributed by atoms with Crippen LogP contribution >= 0.6 is 12.4 Å². The first kappa shape index (κ1) is 12.8. The summed E-state index contributed by atoms with van der Waals surface area (Å²) in [6.07, 6.45) is 0. The highest BCUT2D eigenvalue weighted by atomic mass is 35.5. The van der Waals surface area contributed by atoms with Gasteiger partial charge in [-0.1, -0.05) is 13.8 Å². The molecule has 0 heterocycles. The van der Waals surface area contributed by atoms with E-state index in [2.05, 4.69) is 19.4 Å². The Morgan fingerprint density at radius 1 is 1.20 bits per heavy atom. The molecular formula is C6H17ClN2O. The number of rotatable bonds is 5. The molecule has 0 aromatic rings. The van der Waals surface area contributed by atoms with Crippen LogP contribution in [0.2, 0.25) is 0 Å². The Morgan fingerprint density at radius 3 is 2.00 bits per heavy atom. The fourth-order valence-electron chi connectivity index (χ4n) is 0.509. The first-order chi connectivity index (χ1) is 4.35. The predicted octanol–water partition coefficient (Wildman–Crippen LogP) is 1.21. The quantitative estimate of drug-likeness (QED) is 0.625. The zero-order chi connectivity index (χ0) is 7.11. The number of hydrogen-bond acceptors (Lipinski definition) is 3. The highest BCUT2D eigenvalue weighted by Gasteiger charge is 1.93. The molecule has 0 aromatic carbocycles. The van der Waals surface area contributed by atoms with E-state index in [1.165, 1.54) is 0 Å². The predicted molar refractivity (Wildman–Crippen MR) is 44.9 cm³/mol. The van der Waals surface area contributed by atoms with Crippen LogP contribution in [0.1, 0.15) is 20.8 Å². The molecule has 1 N–H and O–H groups in total. The molecule has 0 bridgehead atoms. The summed E-state index contributed by atoms with van der Waals surface area (Å²) in [5.74, 6) is 0. The standard InChI is InChI=1S/C6H16N2O.ClH/c1-4-8(5-2)7-9-6-3;/h7H,4-6H2,1-3H3;1H. The van der Waals surface area contributed by atoms with Crippen molar-refractivity contribution in [1.82, 2.24) is 10.6 Å². The van der Waals surface area contributed by atoms with E-state index >= 15 is 0 Å². The Labute approximate surface area is 69.1 Å². The van der Waals surface area contributed by atoms with Crippen LogP contribution in [0.4, 0.5) is 0 Å². The van der Waals surface area contributed by atoms with Crippen LogP contribution < -0.4 is 5.59 Å². The Bertz CT molecular complexity index is 59.7. The third kappa shape index (κ3) is 6.29. The molecule has 0 amide bonds. The Balaban J connectivity index is 0. The first-order valence-electron chi connectivity index (χ1n) is 3.47. The largest absolute Gasteiger partial charge is 0.287 e. The van der Waals surface area contributed by atoms with E-state index < -0.39 is 0 Å². The van der Waals surface area contributed by atoms with Gasteiger partial charge >= 0.3 is 0 Å². The molecule has 0 atom stereocenters. The van der Waals surface area contributed by atoms with Gasteiger partial charge in [-0.15, -0.1) is 18.0 Å². The Morgan fingerprint density at radius 2 is 1.70 bits per heavy atom. The summed E-state index contributed by atoms with van der Waals surface area (Å²) in [6, 6.07) is 0. The second kappa shape index (κ2) is 9.17. The van der Waals surface area contributed by atoms with Gasteiger partial charge in [0.1, 0.15) is 0 Å². The van der Waals surface area contributed by atoms with Crippen LogP contribution in [-0.4, -0.2) is 24.7 Å². The summed E-state index contributed by atoms with van der Waals surface area (Å²) >= 11 is 0. The van der Waals surface area contributed by atoms with Gasteiger partial charge in [-0.2, -0.15) is 0 Å². The second-order valence-electron chi connectivity index (χ2n) is 1.70. The van der Waals surface area contributed by atoms with E-state index in [0.717, 1.165) is 13.1 Å². The van der Waals surface area contributed by atoms with Crippen molar-refractivity contribution < 1.29 is 4.84 Å². The van der Waals surface area contributed by atoms with Crippen LogP contribution in [0.5, 0.6) is 0 Å². The second-order valence-corrected chi connectivity index (χ2v) is 1.70. The minimum Gasteiger partial charge on any atom is -0.287 e. The van der Waals surface area contributed by atoms with E-state index in [1.807, 2.05) is 11.9 Å². The van der Waals surface area contributed by atoms with Gasteiger partial charge in [0, 0.05) is 13.1 Å². The third-order valence-electron chi connectivity index (χ3n) is 1.10. The Kier molecular flexibility index (Phi) is 11.7. The molecule has 0 unspecified atom stereocenters. The summed E-state index contributed by atoms with van der Waals surface area (Å²) in [4.78, 5) is 4.95. The van der Waals surface area contributed by atoms with Gasteiger partial charge in [0.2, 0.25) is 0 Å². The van der Waals surface area contributed by atoms with Gasteiger partial charge in [0.25, 0.3) is 0 Å². The van der Waals surface area contributed by atoms with Crippen molar-refractivity contribution in [3.63, 3.8) is 0 Å². The summed E-state index contributed by atoms with van der Waals surface area (Å²) in [6.45, 7) is 8.75. The van der Waals surface area contributed by atoms with Crippen molar-refractivity contribution in [3.8, 4) is 0 Å². The molecule has 0 spiro atoms. The topological polar surface area (TPSA) is 24.5 Å². The summed E-state index contributed by atoms with van der Waals surface area (Å²) < 4.78 is 0. The summed E-state index contributed by atoms with van der Waals surface area (Å²) in [5.41, 5.74) is 2.80. The van der Waals surface area contributed by atoms with Gasteiger partial charge in [0.05, 0.1) is 6.61 Å². The van der Waals surface area contributed by atoms with E-state index in [0.29, 0.717) is 6.61 Å². The smallest absolute Gasteiger partial charge is 0.0670 e. The van der Waals surface area contributed by atoms with Gasteiger partial charge in [0.15, 0.2) is 0 Å². The fourth-order valence-corrected chi connectivity index (χ4v) is 0.509. The van der Waals surface area contributed by atoms with E-state index in [1.54, 1.807) is 0 Å². The van der Waals surface area contributed by atoms with Crippen molar-refractivity contribution in [2.75, 3.05) is 19.7 Å². The molecule has 4 heteroatoms. The van der Waals surface area contributed by atoms with Crippen molar-refractivity contribution in [1.29, 1.82) is 0 Å². The number of hydrogen-bond donors (Lipinski definition) is 1. The zero-order valence-electron chi connectivity index (χ0n) is 6.89. The van der Waals surface area contributed by atoms with Gasteiger partial charge < -0.3 is 0 Å². The molecule has 0 saturated carbocycles. The Hall–Kier alpha value is 0.170. The maximum Gasteiger partial charge on any atom is 0.0670 e. The lowest BCUT2D eigenvalue weighted by Gasteiger charge is -2.17. The molecule has 0 aliphatic rings. The molecule has 0 saturated heterocycles. The first-order valence-corrected chi connectivity index (χ1v) is 3.47. The summed E-state index contributed by atoms with van der Waals surface area (Å²) in [5, 5.41) is 1.99. The number of nitrogens with one attached hydrogen (secondary N) is 1.